The zero-order valence-corrected chi connectivity index (χ0v) is 19.3. The van der Waals surface area contributed by atoms with Crippen LogP contribution in [-0.2, 0) is 4.74 Å². The van der Waals surface area contributed by atoms with E-state index in [4.69, 9.17) is 16.3 Å². The van der Waals surface area contributed by atoms with Gasteiger partial charge in [0.05, 0.1) is 6.04 Å². The molecule has 1 unspecified atom stereocenters. The van der Waals surface area contributed by atoms with E-state index in [9.17, 15) is 4.79 Å². The number of ether oxygens (including phenoxy) is 1. The van der Waals surface area contributed by atoms with Crippen molar-refractivity contribution >= 4 is 30.1 Å². The third kappa shape index (κ3) is 4.08. The van der Waals surface area contributed by atoms with Crippen molar-refractivity contribution in [1.29, 1.82) is 0 Å². The molecule has 0 bridgehead atoms. The van der Waals surface area contributed by atoms with Gasteiger partial charge in [-0.1, -0.05) is 66.2 Å². The van der Waals surface area contributed by atoms with Gasteiger partial charge in [0.25, 0.3) is 0 Å². The lowest BCUT2D eigenvalue weighted by Crippen LogP contribution is -2.49. The minimum atomic E-state index is -0.289. The summed E-state index contributed by atoms with van der Waals surface area (Å²) in [5, 5.41) is 3.83. The number of fused-ring (bicyclic) bond motifs is 3. The van der Waals surface area contributed by atoms with Gasteiger partial charge in [0.1, 0.15) is 11.8 Å². The first-order valence-electron chi connectivity index (χ1n) is 10.6. The molecule has 2 heterocycles. The molecule has 1 atom stereocenters. The summed E-state index contributed by atoms with van der Waals surface area (Å²) in [5.41, 5.74) is 6.70. The molecule has 32 heavy (non-hydrogen) atoms. The van der Waals surface area contributed by atoms with Gasteiger partial charge in [-0.15, -0.1) is 12.4 Å². The van der Waals surface area contributed by atoms with Crippen molar-refractivity contribution in [2.45, 2.75) is 18.9 Å². The third-order valence-electron chi connectivity index (χ3n) is 6.27. The zero-order chi connectivity index (χ0) is 21.4. The molecule has 1 N–H and O–H groups in total. The van der Waals surface area contributed by atoms with Gasteiger partial charge in [-0.05, 0) is 40.8 Å². The molecule has 1 aromatic heterocycles. The van der Waals surface area contributed by atoms with Crippen LogP contribution in [0.5, 0.6) is 0 Å². The van der Waals surface area contributed by atoms with Crippen LogP contribution in [0.15, 0.2) is 60.7 Å². The molecule has 2 aliphatic rings. The fourth-order valence-electron chi connectivity index (χ4n) is 4.77. The highest BCUT2D eigenvalue weighted by molar-refractivity contribution is 6.29. The highest BCUT2D eigenvalue weighted by Gasteiger charge is 2.33. The monoisotopic (exact) mass is 469 g/mol. The average Bonchev–Trinajstić information content (AvgIpc) is 3.11. The van der Waals surface area contributed by atoms with Crippen LogP contribution >= 0.6 is 24.0 Å². The van der Waals surface area contributed by atoms with E-state index in [0.29, 0.717) is 24.8 Å². The maximum absolute atomic E-state index is 13.2. The highest BCUT2D eigenvalue weighted by atomic mass is 35.5. The summed E-state index contributed by atoms with van der Waals surface area (Å²) in [5.74, 6) is 0.0525. The molecule has 1 saturated heterocycles. The Bertz CT molecular complexity index is 1090. The fourth-order valence-corrected chi connectivity index (χ4v) is 4.96. The summed E-state index contributed by atoms with van der Waals surface area (Å²) >= 11 is 6.03. The smallest absolute Gasteiger partial charge is 0.410 e. The fraction of sp³-hybridized carbons (Fsp3) is 0.280. The van der Waals surface area contributed by atoms with Crippen molar-refractivity contribution in [2.24, 2.45) is 0 Å². The van der Waals surface area contributed by atoms with E-state index in [2.05, 4.69) is 46.7 Å². The van der Waals surface area contributed by atoms with Crippen molar-refractivity contribution in [3.8, 4) is 11.1 Å². The van der Waals surface area contributed by atoms with E-state index in [1.807, 2.05) is 25.1 Å². The van der Waals surface area contributed by atoms with Crippen LogP contribution in [-0.4, -0.2) is 42.2 Å². The Labute approximate surface area is 199 Å². The van der Waals surface area contributed by atoms with Crippen molar-refractivity contribution in [3.63, 3.8) is 0 Å². The van der Waals surface area contributed by atoms with Crippen molar-refractivity contribution in [2.75, 3.05) is 26.2 Å². The number of pyridine rings is 1. The minimum absolute atomic E-state index is 0. The van der Waals surface area contributed by atoms with Gasteiger partial charge in [-0.2, -0.15) is 0 Å². The molecule has 0 spiro atoms. The largest absolute Gasteiger partial charge is 0.448 e. The Hall–Kier alpha value is -2.60. The highest BCUT2D eigenvalue weighted by Crippen LogP contribution is 2.44. The van der Waals surface area contributed by atoms with Gasteiger partial charge < -0.3 is 10.1 Å². The second-order valence-electron chi connectivity index (χ2n) is 8.03. The number of amides is 1. The van der Waals surface area contributed by atoms with Gasteiger partial charge in [0, 0.05) is 31.2 Å². The summed E-state index contributed by atoms with van der Waals surface area (Å²) in [7, 11) is 0. The minimum Gasteiger partial charge on any atom is -0.448 e. The Morgan fingerprint density at radius 1 is 1.06 bits per heavy atom. The molecule has 1 fully saturated rings. The number of aryl methyl sites for hydroxylation is 1. The lowest BCUT2D eigenvalue weighted by Gasteiger charge is -2.36. The Morgan fingerprint density at radius 2 is 1.72 bits per heavy atom. The molecule has 3 aromatic rings. The topological polar surface area (TPSA) is 54.5 Å². The third-order valence-corrected chi connectivity index (χ3v) is 6.48. The first-order valence-corrected chi connectivity index (χ1v) is 11.0. The van der Waals surface area contributed by atoms with Crippen molar-refractivity contribution in [1.82, 2.24) is 15.2 Å². The predicted molar refractivity (Wildman–Crippen MR) is 129 cm³/mol. The number of carbonyl (C=O) groups is 1. The SMILES string of the molecule is Cc1nc(Cl)ccc1C1CNCCN1C(=O)OCC1c2ccccc2-c2ccccc21.Cl. The molecular weight excluding hydrogens is 445 g/mol. The molecule has 7 heteroatoms. The number of aromatic nitrogens is 1. The van der Waals surface area contributed by atoms with Crippen LogP contribution in [0.25, 0.3) is 11.1 Å². The number of nitrogens with zero attached hydrogens (tertiary/aromatic N) is 2. The molecule has 0 radical (unpaired) electrons. The van der Waals surface area contributed by atoms with Crippen LogP contribution < -0.4 is 5.32 Å². The summed E-state index contributed by atoms with van der Waals surface area (Å²) in [4.78, 5) is 19.3. The Morgan fingerprint density at radius 3 is 2.38 bits per heavy atom. The van der Waals surface area contributed by atoms with Crippen molar-refractivity contribution < 1.29 is 9.53 Å². The van der Waals surface area contributed by atoms with Crippen LogP contribution in [0.2, 0.25) is 5.15 Å². The molecule has 1 amide bonds. The number of rotatable bonds is 3. The Balaban J connectivity index is 0.00000245. The lowest BCUT2D eigenvalue weighted by atomic mass is 9.98. The lowest BCUT2D eigenvalue weighted by molar-refractivity contribution is 0.0750. The molecule has 2 aromatic carbocycles. The molecule has 5 nitrogen and oxygen atoms in total. The van der Waals surface area contributed by atoms with Crippen molar-refractivity contribution in [3.05, 3.63) is 88.2 Å². The van der Waals surface area contributed by atoms with E-state index in [-0.39, 0.29) is 30.5 Å². The standard InChI is InChI=1S/C25H24ClN3O2.ClH/c1-16-17(10-11-24(26)28-16)23-14-27-12-13-29(23)25(30)31-15-22-20-8-4-2-6-18(20)19-7-3-5-9-21(19)22;/h2-11,22-23,27H,12-15H2,1H3;1H. The van der Waals surface area contributed by atoms with Crippen LogP contribution in [0, 0.1) is 6.92 Å². The first kappa shape index (κ1) is 22.6. The summed E-state index contributed by atoms with van der Waals surface area (Å²) in [6.45, 7) is 4.23. The zero-order valence-electron chi connectivity index (χ0n) is 17.8. The van der Waals surface area contributed by atoms with E-state index < -0.39 is 0 Å². The normalized spacial score (nSPS) is 17.3. The molecule has 0 saturated carbocycles. The number of piperazine rings is 1. The average molecular weight is 470 g/mol. The van der Waals surface area contributed by atoms with Crippen LogP contribution in [0.4, 0.5) is 4.79 Å². The number of carbonyl (C=O) groups excluding carboxylic acids is 1. The van der Waals surface area contributed by atoms with Gasteiger partial charge >= 0.3 is 6.09 Å². The van der Waals surface area contributed by atoms with Crippen LogP contribution in [0.1, 0.15) is 34.3 Å². The summed E-state index contributed by atoms with van der Waals surface area (Å²) in [6.07, 6.45) is -0.289. The molecule has 1 aliphatic heterocycles. The van der Waals surface area contributed by atoms with Gasteiger partial charge in [0.15, 0.2) is 0 Å². The molecular formula is C25H25Cl2N3O2. The Kier molecular flexibility index (Phi) is 6.70. The second-order valence-corrected chi connectivity index (χ2v) is 8.41. The number of nitrogens with one attached hydrogen (secondary N) is 1. The number of benzene rings is 2. The maximum atomic E-state index is 13.2. The first-order chi connectivity index (χ1) is 15.1. The quantitative estimate of drug-likeness (QED) is 0.524. The molecule has 5 rings (SSSR count). The van der Waals surface area contributed by atoms with Gasteiger partial charge in [-0.3, -0.25) is 4.90 Å². The van der Waals surface area contributed by atoms with E-state index in [0.717, 1.165) is 17.8 Å². The number of hydrogen-bond donors (Lipinski definition) is 1. The maximum Gasteiger partial charge on any atom is 0.410 e. The van der Waals surface area contributed by atoms with Gasteiger partial charge in [0.2, 0.25) is 0 Å². The summed E-state index contributed by atoms with van der Waals surface area (Å²) in [6, 6.07) is 20.3. The number of halogens is 2. The predicted octanol–water partition coefficient (Wildman–Crippen LogP) is 5.36. The second kappa shape index (κ2) is 9.49. The van der Waals surface area contributed by atoms with Crippen LogP contribution in [0.3, 0.4) is 0 Å². The van der Waals surface area contributed by atoms with Gasteiger partial charge in [-0.25, -0.2) is 9.78 Å². The van der Waals surface area contributed by atoms with E-state index in [1.54, 1.807) is 11.0 Å². The summed E-state index contributed by atoms with van der Waals surface area (Å²) < 4.78 is 5.91. The molecule has 1 aliphatic carbocycles. The van der Waals surface area contributed by atoms with E-state index >= 15 is 0 Å². The van der Waals surface area contributed by atoms with E-state index in [1.165, 1.54) is 22.3 Å². The number of hydrogen-bond acceptors (Lipinski definition) is 4. The molecule has 166 valence electrons.